The van der Waals surface area contributed by atoms with Crippen molar-refractivity contribution in [2.45, 2.75) is 51.5 Å². The van der Waals surface area contributed by atoms with Gasteiger partial charge in [-0.1, -0.05) is 43.2 Å². The standard InChI is InChI=1S/C23H32N6S/c1-18(19-11-5-4-6-12-19)24-23(30)27-22-25-20(28-13-7-2-3-8-14-28)17-21(26-22)29-15-9-10-16-29/h4-6,11-12,17-18H,2-3,7-10,13-16H2,1H3,(H2,24,25,26,27,30)/t18-/m1/s1. The summed E-state index contributed by atoms with van der Waals surface area (Å²) in [6, 6.07) is 12.6. The van der Waals surface area contributed by atoms with E-state index in [0.717, 1.165) is 37.8 Å². The molecule has 0 amide bonds. The molecule has 1 aromatic carbocycles. The second-order valence-electron chi connectivity index (χ2n) is 8.23. The normalized spacial score (nSPS) is 18.0. The van der Waals surface area contributed by atoms with Crippen molar-refractivity contribution in [1.82, 2.24) is 15.3 Å². The summed E-state index contributed by atoms with van der Waals surface area (Å²) in [5.41, 5.74) is 1.19. The number of nitrogens with zero attached hydrogens (tertiary/aromatic N) is 4. The van der Waals surface area contributed by atoms with Crippen LogP contribution in [0.3, 0.4) is 0 Å². The molecule has 160 valence electrons. The van der Waals surface area contributed by atoms with Gasteiger partial charge in [0.2, 0.25) is 5.95 Å². The first kappa shape index (κ1) is 20.8. The van der Waals surface area contributed by atoms with E-state index in [9.17, 15) is 0 Å². The second kappa shape index (κ2) is 10.1. The Morgan fingerprint density at radius 3 is 1.97 bits per heavy atom. The van der Waals surface area contributed by atoms with Crippen molar-refractivity contribution < 1.29 is 0 Å². The average Bonchev–Trinajstić information content (AvgIpc) is 3.16. The first-order chi connectivity index (χ1) is 14.7. The van der Waals surface area contributed by atoms with Gasteiger partial charge in [0.15, 0.2) is 5.11 Å². The molecule has 2 saturated heterocycles. The molecule has 0 spiro atoms. The Morgan fingerprint density at radius 2 is 1.40 bits per heavy atom. The molecule has 0 aliphatic carbocycles. The fraction of sp³-hybridized carbons (Fsp3) is 0.522. The molecule has 2 aliphatic rings. The van der Waals surface area contributed by atoms with Gasteiger partial charge in [-0.2, -0.15) is 9.97 Å². The van der Waals surface area contributed by atoms with Crippen LogP contribution in [-0.4, -0.2) is 41.3 Å². The lowest BCUT2D eigenvalue weighted by Gasteiger charge is -2.25. The molecular formula is C23H32N6S. The summed E-state index contributed by atoms with van der Waals surface area (Å²) >= 11 is 5.58. The van der Waals surface area contributed by atoms with Crippen molar-refractivity contribution in [2.75, 3.05) is 41.3 Å². The Hall–Kier alpha value is -2.41. The SMILES string of the molecule is C[C@@H](NC(=S)Nc1nc(N2CCCCCC2)cc(N2CCCC2)n1)c1ccccc1. The maximum Gasteiger partial charge on any atom is 0.232 e. The van der Waals surface area contributed by atoms with Gasteiger partial charge >= 0.3 is 0 Å². The number of nitrogens with one attached hydrogen (secondary N) is 2. The largest absolute Gasteiger partial charge is 0.356 e. The van der Waals surface area contributed by atoms with E-state index in [-0.39, 0.29) is 6.04 Å². The molecule has 2 aliphatic heterocycles. The molecule has 2 fully saturated rings. The van der Waals surface area contributed by atoms with Crippen LogP contribution in [0.15, 0.2) is 36.4 Å². The third kappa shape index (κ3) is 5.39. The van der Waals surface area contributed by atoms with E-state index in [4.69, 9.17) is 22.2 Å². The van der Waals surface area contributed by atoms with Crippen molar-refractivity contribution >= 4 is 34.9 Å². The van der Waals surface area contributed by atoms with Gasteiger partial charge in [0.25, 0.3) is 0 Å². The molecule has 0 bridgehead atoms. The zero-order valence-electron chi connectivity index (χ0n) is 17.8. The molecule has 0 saturated carbocycles. The number of aromatic nitrogens is 2. The van der Waals surface area contributed by atoms with Gasteiger partial charge in [-0.25, -0.2) is 0 Å². The lowest BCUT2D eigenvalue weighted by atomic mass is 10.1. The molecule has 0 unspecified atom stereocenters. The molecule has 3 heterocycles. The zero-order valence-corrected chi connectivity index (χ0v) is 18.6. The first-order valence-electron chi connectivity index (χ1n) is 11.2. The fourth-order valence-corrected chi connectivity index (χ4v) is 4.48. The minimum Gasteiger partial charge on any atom is -0.356 e. The Morgan fingerprint density at radius 1 is 0.867 bits per heavy atom. The predicted molar refractivity (Wildman–Crippen MR) is 128 cm³/mol. The smallest absolute Gasteiger partial charge is 0.232 e. The van der Waals surface area contributed by atoms with Crippen LogP contribution in [0.1, 0.15) is 57.1 Å². The number of benzene rings is 1. The number of hydrogen-bond donors (Lipinski definition) is 2. The van der Waals surface area contributed by atoms with E-state index in [0.29, 0.717) is 11.1 Å². The quantitative estimate of drug-likeness (QED) is 0.685. The Balaban J connectivity index is 1.51. The molecule has 6 nitrogen and oxygen atoms in total. The summed E-state index contributed by atoms with van der Waals surface area (Å²) in [6.07, 6.45) is 7.50. The summed E-state index contributed by atoms with van der Waals surface area (Å²) in [7, 11) is 0. The van der Waals surface area contributed by atoms with E-state index < -0.39 is 0 Å². The van der Waals surface area contributed by atoms with Gasteiger partial charge < -0.3 is 20.4 Å². The maximum absolute atomic E-state index is 5.58. The van der Waals surface area contributed by atoms with E-state index in [1.165, 1.54) is 44.1 Å². The molecule has 30 heavy (non-hydrogen) atoms. The van der Waals surface area contributed by atoms with Crippen LogP contribution in [0.2, 0.25) is 0 Å². The van der Waals surface area contributed by atoms with Gasteiger partial charge in [0, 0.05) is 32.2 Å². The summed E-state index contributed by atoms with van der Waals surface area (Å²) in [4.78, 5) is 14.4. The van der Waals surface area contributed by atoms with Crippen LogP contribution in [0.5, 0.6) is 0 Å². The van der Waals surface area contributed by atoms with Gasteiger partial charge in [0.05, 0.1) is 6.04 Å². The van der Waals surface area contributed by atoms with Crippen LogP contribution in [0.25, 0.3) is 0 Å². The Kier molecular flexibility index (Phi) is 7.00. The van der Waals surface area contributed by atoms with Crippen LogP contribution in [-0.2, 0) is 0 Å². The Bertz CT molecular complexity index is 829. The maximum atomic E-state index is 5.58. The molecule has 4 rings (SSSR count). The van der Waals surface area contributed by atoms with E-state index in [2.05, 4.69) is 45.6 Å². The number of rotatable bonds is 5. The van der Waals surface area contributed by atoms with Crippen molar-refractivity contribution in [3.63, 3.8) is 0 Å². The predicted octanol–water partition coefficient (Wildman–Crippen LogP) is 4.50. The highest BCUT2D eigenvalue weighted by Gasteiger charge is 2.19. The monoisotopic (exact) mass is 424 g/mol. The topological polar surface area (TPSA) is 56.3 Å². The summed E-state index contributed by atoms with van der Waals surface area (Å²) in [5.74, 6) is 2.59. The first-order valence-corrected chi connectivity index (χ1v) is 11.6. The summed E-state index contributed by atoms with van der Waals surface area (Å²) in [5, 5.41) is 7.15. The average molecular weight is 425 g/mol. The van der Waals surface area contributed by atoms with Crippen LogP contribution >= 0.6 is 12.2 Å². The van der Waals surface area contributed by atoms with Gasteiger partial charge in [-0.05, 0) is 50.4 Å². The molecule has 2 aromatic rings. The van der Waals surface area contributed by atoms with Crippen molar-refractivity contribution in [3.05, 3.63) is 42.0 Å². The Labute approximate surface area is 185 Å². The van der Waals surface area contributed by atoms with E-state index >= 15 is 0 Å². The highest BCUT2D eigenvalue weighted by atomic mass is 32.1. The molecule has 2 N–H and O–H groups in total. The molecular weight excluding hydrogens is 392 g/mol. The third-order valence-electron chi connectivity index (χ3n) is 5.93. The summed E-state index contributed by atoms with van der Waals surface area (Å²) in [6.45, 7) is 6.34. The lowest BCUT2D eigenvalue weighted by Crippen LogP contribution is -2.32. The minimum absolute atomic E-state index is 0.109. The second-order valence-corrected chi connectivity index (χ2v) is 8.64. The molecule has 7 heteroatoms. The van der Waals surface area contributed by atoms with E-state index in [1.807, 2.05) is 18.2 Å². The van der Waals surface area contributed by atoms with Crippen molar-refractivity contribution in [2.24, 2.45) is 0 Å². The van der Waals surface area contributed by atoms with Crippen molar-refractivity contribution in [1.29, 1.82) is 0 Å². The van der Waals surface area contributed by atoms with Crippen LogP contribution in [0, 0.1) is 0 Å². The fourth-order valence-electron chi connectivity index (χ4n) is 4.21. The van der Waals surface area contributed by atoms with Crippen LogP contribution in [0.4, 0.5) is 17.6 Å². The highest BCUT2D eigenvalue weighted by Crippen LogP contribution is 2.26. The lowest BCUT2D eigenvalue weighted by molar-refractivity contribution is 0.722. The van der Waals surface area contributed by atoms with Gasteiger partial charge in [-0.3, -0.25) is 0 Å². The number of anilines is 3. The van der Waals surface area contributed by atoms with Crippen LogP contribution < -0.4 is 20.4 Å². The highest BCUT2D eigenvalue weighted by molar-refractivity contribution is 7.80. The van der Waals surface area contributed by atoms with Crippen molar-refractivity contribution in [3.8, 4) is 0 Å². The van der Waals surface area contributed by atoms with Gasteiger partial charge in [0.1, 0.15) is 11.6 Å². The number of hydrogen-bond acceptors (Lipinski definition) is 5. The summed E-state index contributed by atoms with van der Waals surface area (Å²) < 4.78 is 0. The molecule has 1 atom stereocenters. The molecule has 1 aromatic heterocycles. The minimum atomic E-state index is 0.109. The number of thiocarbonyl (C=S) groups is 1. The van der Waals surface area contributed by atoms with Gasteiger partial charge in [-0.15, -0.1) is 0 Å². The zero-order chi connectivity index (χ0) is 20.8. The molecule has 0 radical (unpaired) electrons. The third-order valence-corrected chi connectivity index (χ3v) is 6.15. The van der Waals surface area contributed by atoms with E-state index in [1.54, 1.807) is 0 Å².